The lowest BCUT2D eigenvalue weighted by Gasteiger charge is -2.24. The standard InChI is InChI=1S/C22H26N2O2/c25-21(18-11-6-12-18)23-14-7-15-24-22(26)20-13-5-4-10-19(20)16-17-8-2-1-3-9-17/h1-5,8-10,13,18H,6-7,11-12,14-16H2,(H,23,25)(H,24,26). The maximum Gasteiger partial charge on any atom is 0.251 e. The second-order valence-electron chi connectivity index (χ2n) is 6.85. The minimum absolute atomic E-state index is 0.0538. The van der Waals surface area contributed by atoms with Crippen molar-refractivity contribution >= 4 is 11.8 Å². The SMILES string of the molecule is O=C(NCCCNC(=O)C1CCC1)c1ccccc1Cc1ccccc1. The molecule has 2 aromatic rings. The lowest BCUT2D eigenvalue weighted by Crippen LogP contribution is -2.36. The summed E-state index contributed by atoms with van der Waals surface area (Å²) in [6, 6.07) is 17.9. The van der Waals surface area contributed by atoms with Gasteiger partial charge in [0.25, 0.3) is 5.91 Å². The molecule has 26 heavy (non-hydrogen) atoms. The van der Waals surface area contributed by atoms with Gasteiger partial charge in [-0.3, -0.25) is 9.59 Å². The van der Waals surface area contributed by atoms with E-state index in [9.17, 15) is 9.59 Å². The van der Waals surface area contributed by atoms with Crippen LogP contribution in [0.25, 0.3) is 0 Å². The molecule has 2 aromatic carbocycles. The summed E-state index contributed by atoms with van der Waals surface area (Å²) in [7, 11) is 0. The second kappa shape index (κ2) is 9.18. The minimum atomic E-state index is -0.0538. The molecule has 0 bridgehead atoms. The van der Waals surface area contributed by atoms with E-state index in [1.54, 1.807) is 0 Å². The molecule has 0 aromatic heterocycles. The Kier molecular flexibility index (Phi) is 6.42. The highest BCUT2D eigenvalue weighted by atomic mass is 16.2. The molecule has 1 fully saturated rings. The lowest BCUT2D eigenvalue weighted by atomic mass is 9.85. The Bertz CT molecular complexity index is 739. The van der Waals surface area contributed by atoms with E-state index in [0.29, 0.717) is 13.1 Å². The Balaban J connectivity index is 1.46. The Morgan fingerprint density at radius 2 is 1.58 bits per heavy atom. The first-order chi connectivity index (χ1) is 12.7. The Hall–Kier alpha value is -2.62. The second-order valence-corrected chi connectivity index (χ2v) is 6.85. The van der Waals surface area contributed by atoms with Crippen LogP contribution in [0, 0.1) is 5.92 Å². The summed E-state index contributed by atoms with van der Waals surface area (Å²) < 4.78 is 0. The number of rotatable bonds is 8. The van der Waals surface area contributed by atoms with Crippen molar-refractivity contribution < 1.29 is 9.59 Å². The van der Waals surface area contributed by atoms with Crippen LogP contribution in [0.1, 0.15) is 47.2 Å². The number of carbonyl (C=O) groups excluding carboxylic acids is 2. The zero-order chi connectivity index (χ0) is 18.2. The van der Waals surface area contributed by atoms with Gasteiger partial charge in [0.2, 0.25) is 5.91 Å². The molecule has 4 nitrogen and oxygen atoms in total. The van der Waals surface area contributed by atoms with Gasteiger partial charge in [-0.2, -0.15) is 0 Å². The Morgan fingerprint density at radius 1 is 0.885 bits per heavy atom. The largest absolute Gasteiger partial charge is 0.356 e. The smallest absolute Gasteiger partial charge is 0.251 e. The van der Waals surface area contributed by atoms with E-state index in [1.165, 1.54) is 5.56 Å². The summed E-state index contributed by atoms with van der Waals surface area (Å²) in [4.78, 5) is 24.3. The summed E-state index contributed by atoms with van der Waals surface area (Å²) in [5.74, 6) is 0.326. The average Bonchev–Trinajstić information content (AvgIpc) is 2.61. The van der Waals surface area contributed by atoms with E-state index < -0.39 is 0 Å². The van der Waals surface area contributed by atoms with Crippen LogP contribution in [-0.4, -0.2) is 24.9 Å². The van der Waals surface area contributed by atoms with Gasteiger partial charge < -0.3 is 10.6 Å². The molecule has 136 valence electrons. The summed E-state index contributed by atoms with van der Waals surface area (Å²) in [6.07, 6.45) is 4.67. The highest BCUT2D eigenvalue weighted by molar-refractivity contribution is 5.95. The van der Waals surface area contributed by atoms with E-state index in [1.807, 2.05) is 42.5 Å². The van der Waals surface area contributed by atoms with E-state index in [0.717, 1.165) is 43.2 Å². The molecule has 0 heterocycles. The van der Waals surface area contributed by atoms with Gasteiger partial charge in [0.15, 0.2) is 0 Å². The number of hydrogen-bond acceptors (Lipinski definition) is 2. The monoisotopic (exact) mass is 350 g/mol. The van der Waals surface area contributed by atoms with E-state index in [2.05, 4.69) is 22.8 Å². The number of carbonyl (C=O) groups is 2. The molecular weight excluding hydrogens is 324 g/mol. The Labute approximate surface area is 155 Å². The third-order valence-corrected chi connectivity index (χ3v) is 4.91. The molecule has 0 aliphatic heterocycles. The summed E-state index contributed by atoms with van der Waals surface area (Å²) in [5, 5.41) is 5.92. The number of benzene rings is 2. The fourth-order valence-corrected chi connectivity index (χ4v) is 3.12. The molecule has 1 aliphatic rings. The van der Waals surface area contributed by atoms with Crippen molar-refractivity contribution in [1.29, 1.82) is 0 Å². The van der Waals surface area contributed by atoms with E-state index in [4.69, 9.17) is 0 Å². The van der Waals surface area contributed by atoms with Crippen molar-refractivity contribution in [3.05, 3.63) is 71.3 Å². The van der Waals surface area contributed by atoms with Crippen LogP contribution in [-0.2, 0) is 11.2 Å². The molecule has 0 unspecified atom stereocenters. The summed E-state index contributed by atoms with van der Waals surface area (Å²) in [5.41, 5.74) is 2.93. The maximum absolute atomic E-state index is 12.5. The van der Waals surface area contributed by atoms with Crippen LogP contribution in [0.5, 0.6) is 0 Å². The van der Waals surface area contributed by atoms with E-state index >= 15 is 0 Å². The molecule has 1 aliphatic carbocycles. The number of nitrogens with one attached hydrogen (secondary N) is 2. The van der Waals surface area contributed by atoms with Crippen LogP contribution in [0.2, 0.25) is 0 Å². The van der Waals surface area contributed by atoms with Crippen molar-refractivity contribution in [2.45, 2.75) is 32.1 Å². The van der Waals surface area contributed by atoms with Gasteiger partial charge in [0.05, 0.1) is 0 Å². The molecule has 1 saturated carbocycles. The molecule has 0 atom stereocenters. The van der Waals surface area contributed by atoms with Gasteiger partial charge in [0.1, 0.15) is 0 Å². The van der Waals surface area contributed by atoms with Gasteiger partial charge >= 0.3 is 0 Å². The van der Waals surface area contributed by atoms with Crippen molar-refractivity contribution in [2.24, 2.45) is 5.92 Å². The fraction of sp³-hybridized carbons (Fsp3) is 0.364. The summed E-state index contributed by atoms with van der Waals surface area (Å²) >= 11 is 0. The van der Waals surface area contributed by atoms with Gasteiger partial charge in [-0.25, -0.2) is 0 Å². The van der Waals surface area contributed by atoms with Crippen LogP contribution in [0.3, 0.4) is 0 Å². The number of hydrogen-bond donors (Lipinski definition) is 2. The van der Waals surface area contributed by atoms with Gasteiger partial charge in [-0.15, -0.1) is 0 Å². The molecule has 4 heteroatoms. The number of amides is 2. The third kappa shape index (κ3) is 4.94. The first-order valence-electron chi connectivity index (χ1n) is 9.42. The zero-order valence-electron chi connectivity index (χ0n) is 15.0. The van der Waals surface area contributed by atoms with Gasteiger partial charge in [-0.05, 0) is 42.9 Å². The molecule has 2 N–H and O–H groups in total. The van der Waals surface area contributed by atoms with Crippen LogP contribution >= 0.6 is 0 Å². The maximum atomic E-state index is 12.5. The topological polar surface area (TPSA) is 58.2 Å². The normalized spacial score (nSPS) is 13.7. The predicted octanol–water partition coefficient (Wildman–Crippen LogP) is 3.31. The first kappa shape index (κ1) is 18.2. The average molecular weight is 350 g/mol. The fourth-order valence-electron chi connectivity index (χ4n) is 3.12. The molecule has 0 saturated heterocycles. The molecular formula is C22H26N2O2. The van der Waals surface area contributed by atoms with Crippen molar-refractivity contribution in [1.82, 2.24) is 10.6 Å². The molecule has 3 rings (SSSR count). The highest BCUT2D eigenvalue weighted by Crippen LogP contribution is 2.26. The first-order valence-corrected chi connectivity index (χ1v) is 9.42. The quantitative estimate of drug-likeness (QED) is 0.718. The predicted molar refractivity (Wildman–Crippen MR) is 103 cm³/mol. The van der Waals surface area contributed by atoms with Crippen LogP contribution in [0.4, 0.5) is 0 Å². The van der Waals surface area contributed by atoms with Gasteiger partial charge in [0, 0.05) is 24.6 Å². The van der Waals surface area contributed by atoms with Crippen molar-refractivity contribution in [3.8, 4) is 0 Å². The highest BCUT2D eigenvalue weighted by Gasteiger charge is 2.24. The van der Waals surface area contributed by atoms with E-state index in [-0.39, 0.29) is 17.7 Å². The van der Waals surface area contributed by atoms with Crippen LogP contribution < -0.4 is 10.6 Å². The zero-order valence-corrected chi connectivity index (χ0v) is 15.0. The van der Waals surface area contributed by atoms with Crippen LogP contribution in [0.15, 0.2) is 54.6 Å². The van der Waals surface area contributed by atoms with Crippen molar-refractivity contribution in [3.63, 3.8) is 0 Å². The third-order valence-electron chi connectivity index (χ3n) is 4.91. The summed E-state index contributed by atoms with van der Waals surface area (Å²) in [6.45, 7) is 1.17. The molecule has 0 radical (unpaired) electrons. The van der Waals surface area contributed by atoms with Crippen molar-refractivity contribution in [2.75, 3.05) is 13.1 Å². The minimum Gasteiger partial charge on any atom is -0.356 e. The Morgan fingerprint density at radius 3 is 2.31 bits per heavy atom. The van der Waals surface area contributed by atoms with Gasteiger partial charge in [-0.1, -0.05) is 55.0 Å². The molecule has 0 spiro atoms. The molecule has 2 amide bonds. The lowest BCUT2D eigenvalue weighted by molar-refractivity contribution is -0.127.